The van der Waals surface area contributed by atoms with E-state index < -0.39 is 9.84 Å². The molecule has 1 aromatic carbocycles. The van der Waals surface area contributed by atoms with Gasteiger partial charge in [0.2, 0.25) is 0 Å². The molecule has 1 N–H and O–H groups in total. The minimum Gasteiger partial charge on any atom is -0.396 e. The second kappa shape index (κ2) is 7.27. The SMILES string of the molecule is CCCS(=O)(=O)c1ccc(N(CCCO)C2CCC2)cc1. The van der Waals surface area contributed by atoms with Crippen molar-refractivity contribution in [2.75, 3.05) is 23.8 Å². The van der Waals surface area contributed by atoms with E-state index in [0.29, 0.717) is 17.4 Å². The van der Waals surface area contributed by atoms with Gasteiger partial charge in [-0.1, -0.05) is 6.92 Å². The lowest BCUT2D eigenvalue weighted by Gasteiger charge is -2.39. The Morgan fingerprint density at radius 3 is 2.38 bits per heavy atom. The van der Waals surface area contributed by atoms with Gasteiger partial charge in [-0.05, 0) is 56.4 Å². The standard InChI is InChI=1S/C16H25NO3S/c1-2-13-21(19,20)16-9-7-15(8-10-16)17(11-4-12-18)14-5-3-6-14/h7-10,14,18H,2-6,11-13H2,1H3. The fourth-order valence-corrected chi connectivity index (χ4v) is 4.02. The Labute approximate surface area is 127 Å². The minimum atomic E-state index is -3.14. The van der Waals surface area contributed by atoms with Crippen LogP contribution in [0, 0.1) is 0 Å². The molecule has 1 aliphatic carbocycles. The van der Waals surface area contributed by atoms with Crippen molar-refractivity contribution in [1.82, 2.24) is 0 Å². The summed E-state index contributed by atoms with van der Waals surface area (Å²) in [5.74, 6) is 0.198. The maximum Gasteiger partial charge on any atom is 0.178 e. The highest BCUT2D eigenvalue weighted by atomic mass is 32.2. The van der Waals surface area contributed by atoms with Gasteiger partial charge in [-0.2, -0.15) is 0 Å². The monoisotopic (exact) mass is 311 g/mol. The number of rotatable bonds is 8. The summed E-state index contributed by atoms with van der Waals surface area (Å²) in [6, 6.07) is 7.77. The highest BCUT2D eigenvalue weighted by Gasteiger charge is 2.25. The first kappa shape index (κ1) is 16.3. The fraction of sp³-hybridized carbons (Fsp3) is 0.625. The molecule has 0 atom stereocenters. The third kappa shape index (κ3) is 3.98. The molecule has 0 unspecified atom stereocenters. The minimum absolute atomic E-state index is 0.187. The Balaban J connectivity index is 2.15. The summed E-state index contributed by atoms with van der Waals surface area (Å²) in [5, 5.41) is 9.04. The summed E-state index contributed by atoms with van der Waals surface area (Å²) >= 11 is 0. The summed E-state index contributed by atoms with van der Waals surface area (Å²) in [7, 11) is -3.14. The van der Waals surface area contributed by atoms with Gasteiger partial charge in [0.05, 0.1) is 10.6 Å². The predicted octanol–water partition coefficient (Wildman–Crippen LogP) is 2.61. The van der Waals surface area contributed by atoms with Crippen LogP contribution >= 0.6 is 0 Å². The smallest absolute Gasteiger partial charge is 0.178 e. The predicted molar refractivity (Wildman–Crippen MR) is 85.5 cm³/mol. The molecule has 5 heteroatoms. The summed E-state index contributed by atoms with van der Waals surface area (Å²) in [5.41, 5.74) is 1.06. The molecule has 1 aliphatic rings. The molecule has 0 saturated heterocycles. The van der Waals surface area contributed by atoms with E-state index in [9.17, 15) is 8.42 Å². The highest BCUT2D eigenvalue weighted by molar-refractivity contribution is 7.91. The normalized spacial score (nSPS) is 15.7. The third-order valence-electron chi connectivity index (χ3n) is 4.07. The first-order valence-electron chi connectivity index (χ1n) is 7.79. The fourth-order valence-electron chi connectivity index (χ4n) is 2.69. The highest BCUT2D eigenvalue weighted by Crippen LogP contribution is 2.30. The molecule has 118 valence electrons. The lowest BCUT2D eigenvalue weighted by Crippen LogP contribution is -2.41. The van der Waals surface area contributed by atoms with E-state index in [4.69, 9.17) is 5.11 Å². The molecule has 4 nitrogen and oxygen atoms in total. The van der Waals surface area contributed by atoms with Gasteiger partial charge < -0.3 is 10.0 Å². The van der Waals surface area contributed by atoms with E-state index in [0.717, 1.165) is 18.7 Å². The van der Waals surface area contributed by atoms with Gasteiger partial charge in [-0.3, -0.25) is 0 Å². The van der Waals surface area contributed by atoms with Crippen molar-refractivity contribution in [1.29, 1.82) is 0 Å². The Morgan fingerprint density at radius 2 is 1.90 bits per heavy atom. The summed E-state index contributed by atoms with van der Waals surface area (Å²) < 4.78 is 24.1. The van der Waals surface area contributed by atoms with E-state index in [1.807, 2.05) is 19.1 Å². The Morgan fingerprint density at radius 1 is 1.24 bits per heavy atom. The van der Waals surface area contributed by atoms with Crippen molar-refractivity contribution < 1.29 is 13.5 Å². The second-order valence-electron chi connectivity index (χ2n) is 5.67. The number of nitrogens with zero attached hydrogens (tertiary/aromatic N) is 1. The molecule has 21 heavy (non-hydrogen) atoms. The lowest BCUT2D eigenvalue weighted by atomic mass is 9.91. The maximum absolute atomic E-state index is 12.0. The molecule has 0 heterocycles. The quantitative estimate of drug-likeness (QED) is 0.802. The van der Waals surface area contributed by atoms with Crippen LogP contribution in [0.1, 0.15) is 39.0 Å². The van der Waals surface area contributed by atoms with Gasteiger partial charge in [-0.25, -0.2) is 8.42 Å². The number of sulfone groups is 1. The number of anilines is 1. The first-order valence-corrected chi connectivity index (χ1v) is 9.44. The van der Waals surface area contributed by atoms with Crippen molar-refractivity contribution in [2.45, 2.75) is 50.0 Å². The van der Waals surface area contributed by atoms with Crippen molar-refractivity contribution in [3.63, 3.8) is 0 Å². The van der Waals surface area contributed by atoms with Crippen LogP contribution in [0.15, 0.2) is 29.2 Å². The molecular formula is C16H25NO3S. The Bertz CT molecular complexity index is 535. The molecule has 0 aromatic heterocycles. The van der Waals surface area contributed by atoms with Crippen LogP contribution < -0.4 is 4.90 Å². The molecule has 0 spiro atoms. The van der Waals surface area contributed by atoms with Crippen LogP contribution in [-0.4, -0.2) is 38.5 Å². The zero-order valence-electron chi connectivity index (χ0n) is 12.7. The number of aliphatic hydroxyl groups excluding tert-OH is 1. The van der Waals surface area contributed by atoms with Crippen LogP contribution in [0.5, 0.6) is 0 Å². The average Bonchev–Trinajstić information content (AvgIpc) is 2.41. The van der Waals surface area contributed by atoms with E-state index in [-0.39, 0.29) is 12.4 Å². The molecule has 2 rings (SSSR count). The van der Waals surface area contributed by atoms with Crippen molar-refractivity contribution in [3.05, 3.63) is 24.3 Å². The largest absolute Gasteiger partial charge is 0.396 e. The van der Waals surface area contributed by atoms with Crippen LogP contribution in [0.25, 0.3) is 0 Å². The number of benzene rings is 1. The zero-order chi connectivity index (χ0) is 15.3. The second-order valence-corrected chi connectivity index (χ2v) is 7.78. The van der Waals surface area contributed by atoms with Crippen LogP contribution in [0.4, 0.5) is 5.69 Å². The van der Waals surface area contributed by atoms with Crippen molar-refractivity contribution in [2.24, 2.45) is 0 Å². The molecule has 1 fully saturated rings. The molecular weight excluding hydrogens is 286 g/mol. The zero-order valence-corrected chi connectivity index (χ0v) is 13.5. The van der Waals surface area contributed by atoms with E-state index in [2.05, 4.69) is 4.90 Å². The summed E-state index contributed by atoms with van der Waals surface area (Å²) in [6.07, 6.45) is 4.99. The van der Waals surface area contributed by atoms with Crippen molar-refractivity contribution >= 4 is 15.5 Å². The van der Waals surface area contributed by atoms with E-state index in [1.165, 1.54) is 19.3 Å². The molecule has 1 saturated carbocycles. The lowest BCUT2D eigenvalue weighted by molar-refractivity contribution is 0.283. The van der Waals surface area contributed by atoms with Crippen LogP contribution in [0.3, 0.4) is 0 Å². The van der Waals surface area contributed by atoms with Crippen LogP contribution in [-0.2, 0) is 9.84 Å². The number of hydrogen-bond donors (Lipinski definition) is 1. The average molecular weight is 311 g/mol. The molecule has 0 radical (unpaired) electrons. The van der Waals surface area contributed by atoms with Gasteiger partial charge in [0.25, 0.3) is 0 Å². The van der Waals surface area contributed by atoms with E-state index >= 15 is 0 Å². The van der Waals surface area contributed by atoms with Crippen molar-refractivity contribution in [3.8, 4) is 0 Å². The Kier molecular flexibility index (Phi) is 5.65. The molecule has 0 bridgehead atoms. The topological polar surface area (TPSA) is 57.6 Å². The van der Waals surface area contributed by atoms with Gasteiger partial charge >= 0.3 is 0 Å². The van der Waals surface area contributed by atoms with Gasteiger partial charge in [0, 0.05) is 24.9 Å². The van der Waals surface area contributed by atoms with Gasteiger partial charge in [0.15, 0.2) is 9.84 Å². The molecule has 0 aliphatic heterocycles. The molecule has 0 amide bonds. The Hall–Kier alpha value is -1.07. The number of hydrogen-bond acceptors (Lipinski definition) is 4. The van der Waals surface area contributed by atoms with E-state index in [1.54, 1.807) is 12.1 Å². The summed E-state index contributed by atoms with van der Waals surface area (Å²) in [4.78, 5) is 2.71. The first-order chi connectivity index (χ1) is 10.1. The maximum atomic E-state index is 12.0. The number of aliphatic hydroxyl groups is 1. The van der Waals surface area contributed by atoms with Crippen LogP contribution in [0.2, 0.25) is 0 Å². The summed E-state index contributed by atoms with van der Waals surface area (Å²) in [6.45, 7) is 2.88. The molecule has 1 aromatic rings. The van der Waals surface area contributed by atoms with Gasteiger partial charge in [0.1, 0.15) is 0 Å². The van der Waals surface area contributed by atoms with Gasteiger partial charge in [-0.15, -0.1) is 0 Å². The third-order valence-corrected chi connectivity index (χ3v) is 6.01.